The van der Waals surface area contributed by atoms with Crippen LogP contribution in [0.5, 0.6) is 5.75 Å². The minimum atomic E-state index is -0.330. The third kappa shape index (κ3) is 4.34. The van der Waals surface area contributed by atoms with E-state index in [-0.39, 0.29) is 11.9 Å². The standard InChI is InChI=1S/C13H20N2O2/c1-9(2)8-12(13(14)16)15-10-4-6-11(17-3)7-5-10/h4-7,9,12,15H,8H2,1-3H3,(H2,14,16). The molecule has 0 heterocycles. The van der Waals surface area contributed by atoms with E-state index in [0.29, 0.717) is 5.92 Å². The van der Waals surface area contributed by atoms with Crippen molar-refractivity contribution in [2.24, 2.45) is 11.7 Å². The second-order valence-electron chi connectivity index (χ2n) is 4.46. The predicted molar refractivity (Wildman–Crippen MR) is 69.1 cm³/mol. The monoisotopic (exact) mass is 236 g/mol. The number of carbonyl (C=O) groups excluding carboxylic acids is 1. The van der Waals surface area contributed by atoms with Gasteiger partial charge in [-0.25, -0.2) is 0 Å². The third-order valence-corrected chi connectivity index (χ3v) is 2.48. The van der Waals surface area contributed by atoms with Crippen LogP contribution in [0.3, 0.4) is 0 Å². The van der Waals surface area contributed by atoms with Crippen LogP contribution in [0.2, 0.25) is 0 Å². The highest BCUT2D eigenvalue weighted by atomic mass is 16.5. The van der Waals surface area contributed by atoms with Crippen LogP contribution < -0.4 is 15.8 Å². The molecule has 1 aromatic carbocycles. The summed E-state index contributed by atoms with van der Waals surface area (Å²) >= 11 is 0. The van der Waals surface area contributed by atoms with Crippen molar-refractivity contribution in [3.8, 4) is 5.75 Å². The second-order valence-corrected chi connectivity index (χ2v) is 4.46. The molecule has 1 amide bonds. The first-order valence-electron chi connectivity index (χ1n) is 5.73. The number of anilines is 1. The maximum Gasteiger partial charge on any atom is 0.239 e. The second kappa shape index (κ2) is 6.13. The van der Waals surface area contributed by atoms with E-state index >= 15 is 0 Å². The van der Waals surface area contributed by atoms with E-state index < -0.39 is 0 Å². The number of nitrogens with two attached hydrogens (primary N) is 1. The number of ether oxygens (including phenoxy) is 1. The van der Waals surface area contributed by atoms with Crippen molar-refractivity contribution >= 4 is 11.6 Å². The number of hydrogen-bond acceptors (Lipinski definition) is 3. The summed E-state index contributed by atoms with van der Waals surface area (Å²) in [7, 11) is 1.62. The first-order valence-corrected chi connectivity index (χ1v) is 5.73. The molecule has 3 N–H and O–H groups in total. The van der Waals surface area contributed by atoms with Gasteiger partial charge in [-0.15, -0.1) is 0 Å². The molecule has 0 aliphatic carbocycles. The Hall–Kier alpha value is -1.71. The van der Waals surface area contributed by atoms with Crippen LogP contribution in [0, 0.1) is 5.92 Å². The number of carbonyl (C=O) groups is 1. The SMILES string of the molecule is COc1ccc(NC(CC(C)C)C(N)=O)cc1. The fourth-order valence-electron chi connectivity index (χ4n) is 1.61. The topological polar surface area (TPSA) is 64.3 Å². The number of benzene rings is 1. The number of amides is 1. The molecule has 94 valence electrons. The van der Waals surface area contributed by atoms with Gasteiger partial charge in [0.05, 0.1) is 7.11 Å². The summed E-state index contributed by atoms with van der Waals surface area (Å²) in [6, 6.07) is 7.10. The Bertz CT molecular complexity index is 360. The smallest absolute Gasteiger partial charge is 0.239 e. The Morgan fingerprint density at radius 1 is 1.35 bits per heavy atom. The molecule has 1 aromatic rings. The molecule has 4 nitrogen and oxygen atoms in total. The van der Waals surface area contributed by atoms with E-state index in [2.05, 4.69) is 19.2 Å². The predicted octanol–water partition coefficient (Wildman–Crippen LogP) is 2.01. The van der Waals surface area contributed by atoms with Crippen molar-refractivity contribution in [2.75, 3.05) is 12.4 Å². The summed E-state index contributed by atoms with van der Waals surface area (Å²) < 4.78 is 5.07. The molecule has 0 saturated heterocycles. The van der Waals surface area contributed by atoms with Crippen LogP contribution in [-0.2, 0) is 4.79 Å². The van der Waals surface area contributed by atoms with Crippen LogP contribution in [-0.4, -0.2) is 19.1 Å². The van der Waals surface area contributed by atoms with E-state index in [9.17, 15) is 4.79 Å². The minimum absolute atomic E-state index is 0.325. The summed E-state index contributed by atoms with van der Waals surface area (Å²) in [5, 5.41) is 3.13. The van der Waals surface area contributed by atoms with E-state index in [4.69, 9.17) is 10.5 Å². The summed E-state index contributed by atoms with van der Waals surface area (Å²) in [5.74, 6) is 0.878. The Kier molecular flexibility index (Phi) is 4.82. The Balaban J connectivity index is 2.68. The van der Waals surface area contributed by atoms with Crippen LogP contribution in [0.1, 0.15) is 20.3 Å². The number of nitrogens with one attached hydrogen (secondary N) is 1. The van der Waals surface area contributed by atoms with Gasteiger partial charge in [-0.3, -0.25) is 4.79 Å². The van der Waals surface area contributed by atoms with Crippen molar-refractivity contribution in [1.82, 2.24) is 0 Å². The largest absolute Gasteiger partial charge is 0.497 e. The number of hydrogen-bond donors (Lipinski definition) is 2. The Labute approximate surface area is 102 Å². The lowest BCUT2D eigenvalue weighted by molar-refractivity contribution is -0.119. The average Bonchev–Trinajstić information content (AvgIpc) is 2.28. The first kappa shape index (κ1) is 13.4. The summed E-state index contributed by atoms with van der Waals surface area (Å²) in [5.41, 5.74) is 6.23. The van der Waals surface area contributed by atoms with Gasteiger partial charge in [-0.05, 0) is 36.6 Å². The highest BCUT2D eigenvalue weighted by Crippen LogP contribution is 2.17. The molecule has 0 radical (unpaired) electrons. The number of primary amides is 1. The molecule has 0 aliphatic heterocycles. The fourth-order valence-corrected chi connectivity index (χ4v) is 1.61. The summed E-state index contributed by atoms with van der Waals surface area (Å²) in [6.07, 6.45) is 0.724. The molecule has 0 saturated carbocycles. The van der Waals surface area contributed by atoms with Gasteiger partial charge in [0.15, 0.2) is 0 Å². The van der Waals surface area contributed by atoms with Crippen molar-refractivity contribution in [2.45, 2.75) is 26.3 Å². The molecule has 1 unspecified atom stereocenters. The maximum atomic E-state index is 11.3. The van der Waals surface area contributed by atoms with Crippen molar-refractivity contribution < 1.29 is 9.53 Å². The maximum absolute atomic E-state index is 11.3. The average molecular weight is 236 g/mol. The molecule has 17 heavy (non-hydrogen) atoms. The van der Waals surface area contributed by atoms with Gasteiger partial charge in [0, 0.05) is 5.69 Å². The van der Waals surface area contributed by atoms with Crippen molar-refractivity contribution in [3.05, 3.63) is 24.3 Å². The van der Waals surface area contributed by atoms with E-state index in [1.165, 1.54) is 0 Å². The molecule has 0 fully saturated rings. The zero-order valence-electron chi connectivity index (χ0n) is 10.6. The van der Waals surface area contributed by atoms with E-state index in [1.54, 1.807) is 7.11 Å². The van der Waals surface area contributed by atoms with E-state index in [0.717, 1.165) is 17.9 Å². The van der Waals surface area contributed by atoms with E-state index in [1.807, 2.05) is 24.3 Å². The third-order valence-electron chi connectivity index (χ3n) is 2.48. The van der Waals surface area contributed by atoms with Gasteiger partial charge in [-0.2, -0.15) is 0 Å². The fraction of sp³-hybridized carbons (Fsp3) is 0.462. The zero-order chi connectivity index (χ0) is 12.8. The molecule has 1 rings (SSSR count). The first-order chi connectivity index (χ1) is 8.02. The normalized spacial score (nSPS) is 12.2. The highest BCUT2D eigenvalue weighted by molar-refractivity contribution is 5.82. The highest BCUT2D eigenvalue weighted by Gasteiger charge is 2.16. The van der Waals surface area contributed by atoms with Crippen LogP contribution in [0.4, 0.5) is 5.69 Å². The molecule has 4 heteroatoms. The molecule has 0 aromatic heterocycles. The number of rotatable bonds is 6. The quantitative estimate of drug-likeness (QED) is 0.794. The molecular weight excluding hydrogens is 216 g/mol. The summed E-state index contributed by atoms with van der Waals surface area (Å²) in [4.78, 5) is 11.3. The number of methoxy groups -OCH3 is 1. The lowest BCUT2D eigenvalue weighted by Crippen LogP contribution is -2.36. The van der Waals surface area contributed by atoms with Gasteiger partial charge in [-0.1, -0.05) is 13.8 Å². The Morgan fingerprint density at radius 3 is 2.35 bits per heavy atom. The molecular formula is C13H20N2O2. The van der Waals surface area contributed by atoms with Crippen LogP contribution in [0.15, 0.2) is 24.3 Å². The lowest BCUT2D eigenvalue weighted by Gasteiger charge is -2.18. The Morgan fingerprint density at radius 2 is 1.94 bits per heavy atom. The van der Waals surface area contributed by atoms with Gasteiger partial charge in [0.2, 0.25) is 5.91 Å². The van der Waals surface area contributed by atoms with Gasteiger partial charge in [0.25, 0.3) is 0 Å². The molecule has 0 bridgehead atoms. The molecule has 1 atom stereocenters. The molecule has 0 spiro atoms. The van der Waals surface area contributed by atoms with Crippen LogP contribution >= 0.6 is 0 Å². The summed E-state index contributed by atoms with van der Waals surface area (Å²) in [6.45, 7) is 4.12. The lowest BCUT2D eigenvalue weighted by atomic mass is 10.0. The van der Waals surface area contributed by atoms with Crippen LogP contribution in [0.25, 0.3) is 0 Å². The van der Waals surface area contributed by atoms with Crippen molar-refractivity contribution in [3.63, 3.8) is 0 Å². The zero-order valence-corrected chi connectivity index (χ0v) is 10.6. The van der Waals surface area contributed by atoms with Crippen molar-refractivity contribution in [1.29, 1.82) is 0 Å². The van der Waals surface area contributed by atoms with Gasteiger partial charge >= 0.3 is 0 Å². The molecule has 0 aliphatic rings. The van der Waals surface area contributed by atoms with Gasteiger partial charge < -0.3 is 15.8 Å². The minimum Gasteiger partial charge on any atom is -0.497 e. The van der Waals surface area contributed by atoms with Gasteiger partial charge in [0.1, 0.15) is 11.8 Å².